The number of esters is 1. The zero-order valence-corrected chi connectivity index (χ0v) is 7.95. The minimum absolute atomic E-state index is 0.202. The summed E-state index contributed by atoms with van der Waals surface area (Å²) in [6.07, 6.45) is -0.768. The number of carbonyl (C=O) groups excluding carboxylic acids is 2. The van der Waals surface area contributed by atoms with Gasteiger partial charge in [-0.3, -0.25) is 4.79 Å². The van der Waals surface area contributed by atoms with E-state index in [2.05, 4.69) is 0 Å². The van der Waals surface area contributed by atoms with Crippen molar-refractivity contribution in [3.63, 3.8) is 0 Å². The zero-order valence-electron chi connectivity index (χ0n) is 7.95. The van der Waals surface area contributed by atoms with Gasteiger partial charge in [-0.05, 0) is 6.92 Å². The van der Waals surface area contributed by atoms with Gasteiger partial charge in [0.15, 0.2) is 5.78 Å². The molecule has 0 radical (unpaired) electrons. The van der Waals surface area contributed by atoms with Crippen molar-refractivity contribution in [2.24, 2.45) is 0 Å². The van der Waals surface area contributed by atoms with Crippen molar-refractivity contribution in [1.82, 2.24) is 0 Å². The van der Waals surface area contributed by atoms with Crippen molar-refractivity contribution < 1.29 is 23.8 Å². The highest BCUT2D eigenvalue weighted by Crippen LogP contribution is 2.34. The lowest BCUT2D eigenvalue weighted by Crippen LogP contribution is -2.50. The normalized spacial score (nSPS) is 28.9. The van der Waals surface area contributed by atoms with E-state index in [9.17, 15) is 9.59 Å². The molecule has 5 nitrogen and oxygen atoms in total. The maximum absolute atomic E-state index is 11.4. The van der Waals surface area contributed by atoms with Crippen molar-refractivity contribution in [3.8, 4) is 0 Å². The molecule has 2 aliphatic rings. The summed E-state index contributed by atoms with van der Waals surface area (Å²) in [6, 6.07) is 0. The second-order valence-electron chi connectivity index (χ2n) is 3.57. The van der Waals surface area contributed by atoms with Gasteiger partial charge in [-0.1, -0.05) is 0 Å². The predicted octanol–water partition coefficient (Wildman–Crippen LogP) is -0.324. The summed E-state index contributed by atoms with van der Waals surface area (Å²) in [5, 5.41) is 0. The van der Waals surface area contributed by atoms with Crippen LogP contribution >= 0.6 is 0 Å². The fraction of sp³-hybridized carbons (Fsp3) is 0.778. The van der Waals surface area contributed by atoms with Crippen molar-refractivity contribution in [3.05, 3.63) is 0 Å². The Labute approximate surface area is 81.3 Å². The van der Waals surface area contributed by atoms with Crippen LogP contribution in [0.5, 0.6) is 0 Å². The van der Waals surface area contributed by atoms with Gasteiger partial charge < -0.3 is 14.2 Å². The lowest BCUT2D eigenvalue weighted by molar-refractivity contribution is -0.208. The van der Waals surface area contributed by atoms with Crippen LogP contribution in [0.15, 0.2) is 0 Å². The Kier molecular flexibility index (Phi) is 2.28. The predicted molar refractivity (Wildman–Crippen MR) is 44.7 cm³/mol. The van der Waals surface area contributed by atoms with Gasteiger partial charge in [0, 0.05) is 6.42 Å². The lowest BCUT2D eigenvalue weighted by Gasteiger charge is -2.36. The standard InChI is InChI=1S/C9H12O5/c1-2-13-8(11)7-6(10)3-9(14-7)4-12-5-9/h7H,2-5H2,1H3. The average molecular weight is 200 g/mol. The Hall–Kier alpha value is -0.940. The van der Waals surface area contributed by atoms with Crippen molar-refractivity contribution in [2.75, 3.05) is 19.8 Å². The molecule has 1 atom stereocenters. The topological polar surface area (TPSA) is 61.8 Å². The lowest BCUT2D eigenvalue weighted by atomic mass is 9.97. The van der Waals surface area contributed by atoms with E-state index < -0.39 is 17.7 Å². The molecule has 2 rings (SSSR count). The third-order valence-electron chi connectivity index (χ3n) is 2.39. The van der Waals surface area contributed by atoms with Gasteiger partial charge in [-0.2, -0.15) is 0 Å². The molecule has 0 N–H and O–H groups in total. The highest BCUT2D eigenvalue weighted by atomic mass is 16.6. The van der Waals surface area contributed by atoms with E-state index in [0.717, 1.165) is 0 Å². The molecule has 0 saturated carbocycles. The van der Waals surface area contributed by atoms with Crippen LogP contribution in [0.2, 0.25) is 0 Å². The molecule has 0 aromatic heterocycles. The molecule has 14 heavy (non-hydrogen) atoms. The van der Waals surface area contributed by atoms with Crippen LogP contribution in [0.3, 0.4) is 0 Å². The maximum Gasteiger partial charge on any atom is 0.343 e. The average Bonchev–Trinajstić information content (AvgIpc) is 2.43. The first-order valence-corrected chi connectivity index (χ1v) is 4.62. The van der Waals surface area contributed by atoms with Gasteiger partial charge in [0.2, 0.25) is 6.10 Å². The number of Topliss-reactive ketones (excluding diaryl/α,β-unsaturated/α-hetero) is 1. The largest absolute Gasteiger partial charge is 0.464 e. The zero-order chi connectivity index (χ0) is 10.2. The summed E-state index contributed by atoms with van der Waals surface area (Å²) in [5.74, 6) is -0.784. The van der Waals surface area contributed by atoms with E-state index in [-0.39, 0.29) is 18.8 Å². The van der Waals surface area contributed by atoms with Crippen molar-refractivity contribution in [1.29, 1.82) is 0 Å². The maximum atomic E-state index is 11.4. The van der Waals surface area contributed by atoms with Gasteiger partial charge >= 0.3 is 5.97 Å². The van der Waals surface area contributed by atoms with Gasteiger partial charge in [0.05, 0.1) is 19.8 Å². The van der Waals surface area contributed by atoms with E-state index in [1.165, 1.54) is 0 Å². The first kappa shape index (κ1) is 9.61. The Morgan fingerprint density at radius 3 is 2.79 bits per heavy atom. The van der Waals surface area contributed by atoms with Crippen LogP contribution in [-0.4, -0.2) is 43.3 Å². The molecule has 78 valence electrons. The molecular formula is C9H12O5. The number of ether oxygens (including phenoxy) is 3. The molecule has 0 amide bonds. The minimum Gasteiger partial charge on any atom is -0.464 e. The molecule has 5 heteroatoms. The van der Waals surface area contributed by atoms with Gasteiger partial charge in [0.1, 0.15) is 5.60 Å². The highest BCUT2D eigenvalue weighted by molar-refractivity contribution is 6.04. The monoisotopic (exact) mass is 200 g/mol. The Balaban J connectivity index is 2.00. The van der Waals surface area contributed by atoms with Crippen LogP contribution in [0, 0.1) is 0 Å². The molecule has 2 aliphatic heterocycles. The summed E-state index contributed by atoms with van der Waals surface area (Å²) in [7, 11) is 0. The third kappa shape index (κ3) is 1.42. The van der Waals surface area contributed by atoms with E-state index in [0.29, 0.717) is 13.2 Å². The Morgan fingerprint density at radius 1 is 1.64 bits per heavy atom. The third-order valence-corrected chi connectivity index (χ3v) is 2.39. The highest BCUT2D eigenvalue weighted by Gasteiger charge is 2.53. The van der Waals surface area contributed by atoms with Gasteiger partial charge in [-0.15, -0.1) is 0 Å². The summed E-state index contributed by atoms with van der Waals surface area (Å²) in [4.78, 5) is 22.7. The van der Waals surface area contributed by atoms with E-state index >= 15 is 0 Å². The van der Waals surface area contributed by atoms with Crippen LogP contribution in [0.1, 0.15) is 13.3 Å². The van der Waals surface area contributed by atoms with Crippen molar-refractivity contribution >= 4 is 11.8 Å². The number of hydrogen-bond acceptors (Lipinski definition) is 5. The number of rotatable bonds is 2. The van der Waals surface area contributed by atoms with E-state index in [1.54, 1.807) is 6.92 Å². The number of hydrogen-bond donors (Lipinski definition) is 0. The first-order valence-electron chi connectivity index (χ1n) is 4.62. The molecule has 0 aromatic rings. The Morgan fingerprint density at radius 2 is 2.36 bits per heavy atom. The summed E-state index contributed by atoms with van der Waals surface area (Å²) in [5.41, 5.74) is -0.533. The quantitative estimate of drug-likeness (QED) is 0.451. The van der Waals surface area contributed by atoms with Crippen LogP contribution in [0.4, 0.5) is 0 Å². The SMILES string of the molecule is CCOC(=O)C1OC2(COC2)CC1=O. The molecule has 2 saturated heterocycles. The molecule has 2 fully saturated rings. The van der Waals surface area contributed by atoms with Crippen LogP contribution < -0.4 is 0 Å². The molecule has 0 bridgehead atoms. The molecule has 0 aliphatic carbocycles. The summed E-state index contributed by atoms with van der Waals surface area (Å²) in [6.45, 7) is 2.75. The molecular weight excluding hydrogens is 188 g/mol. The Bertz CT molecular complexity index is 260. The summed E-state index contributed by atoms with van der Waals surface area (Å²) < 4.78 is 15.1. The summed E-state index contributed by atoms with van der Waals surface area (Å²) >= 11 is 0. The second kappa shape index (κ2) is 3.33. The van der Waals surface area contributed by atoms with Gasteiger partial charge in [-0.25, -0.2) is 4.79 Å². The molecule has 1 unspecified atom stereocenters. The fourth-order valence-electron chi connectivity index (χ4n) is 1.66. The first-order chi connectivity index (χ1) is 6.67. The molecule has 2 heterocycles. The van der Waals surface area contributed by atoms with E-state index in [1.807, 2.05) is 0 Å². The number of carbonyl (C=O) groups is 2. The van der Waals surface area contributed by atoms with Gasteiger partial charge in [0.25, 0.3) is 0 Å². The van der Waals surface area contributed by atoms with Crippen LogP contribution in [0.25, 0.3) is 0 Å². The molecule has 0 aromatic carbocycles. The van der Waals surface area contributed by atoms with E-state index in [4.69, 9.17) is 14.2 Å². The van der Waals surface area contributed by atoms with Crippen LogP contribution in [-0.2, 0) is 23.8 Å². The fourth-order valence-corrected chi connectivity index (χ4v) is 1.66. The smallest absolute Gasteiger partial charge is 0.343 e. The van der Waals surface area contributed by atoms with Crippen molar-refractivity contribution in [2.45, 2.75) is 25.0 Å². The molecule has 1 spiro atoms. The minimum atomic E-state index is -1.03. The second-order valence-corrected chi connectivity index (χ2v) is 3.57. The number of ketones is 1.